The van der Waals surface area contributed by atoms with Crippen LogP contribution < -0.4 is 10.5 Å². The lowest BCUT2D eigenvalue weighted by atomic mass is 10.2. The maximum absolute atomic E-state index is 13.0. The molecule has 1 amide bonds. The van der Waals surface area contributed by atoms with E-state index in [9.17, 15) is 14.7 Å². The Morgan fingerprint density at radius 3 is 2.45 bits per heavy atom. The van der Waals surface area contributed by atoms with Gasteiger partial charge in [-0.15, -0.1) is 5.10 Å². The highest BCUT2D eigenvalue weighted by Gasteiger charge is 2.27. The first-order chi connectivity index (χ1) is 14.0. The molecule has 2 aromatic heterocycles. The van der Waals surface area contributed by atoms with Crippen molar-refractivity contribution in [3.05, 3.63) is 65.2 Å². The molecule has 1 aromatic carbocycles. The van der Waals surface area contributed by atoms with Gasteiger partial charge in [-0.05, 0) is 43.3 Å². The number of phenols is 1. The molecule has 0 saturated carbocycles. The van der Waals surface area contributed by atoms with Crippen molar-refractivity contribution in [3.8, 4) is 11.6 Å². The fourth-order valence-electron chi connectivity index (χ4n) is 3.44. The molecule has 1 unspecified atom stereocenters. The Hall–Kier alpha value is -3.62. The van der Waals surface area contributed by atoms with Crippen LogP contribution in [0, 0.1) is 0 Å². The van der Waals surface area contributed by atoms with Crippen LogP contribution in [0.2, 0.25) is 0 Å². The lowest BCUT2D eigenvalue weighted by Gasteiger charge is -2.37. The summed E-state index contributed by atoms with van der Waals surface area (Å²) in [7, 11) is 0. The molecular weight excluding hydrogens is 372 g/mol. The number of aromatic nitrogens is 4. The first kappa shape index (κ1) is 18.7. The normalized spacial score (nSPS) is 15.3. The number of carbonyl (C=O) groups is 1. The molecular formula is C20H22N6O3. The van der Waals surface area contributed by atoms with Gasteiger partial charge in [0.2, 0.25) is 5.91 Å². The third-order valence-electron chi connectivity index (χ3n) is 5.08. The van der Waals surface area contributed by atoms with Gasteiger partial charge in [0.25, 0.3) is 5.56 Å². The van der Waals surface area contributed by atoms with E-state index in [0.717, 1.165) is 5.69 Å². The minimum Gasteiger partial charge on any atom is -0.508 e. The molecule has 150 valence electrons. The van der Waals surface area contributed by atoms with Crippen LogP contribution >= 0.6 is 0 Å². The maximum Gasteiger partial charge on any atom is 0.267 e. The van der Waals surface area contributed by atoms with Crippen LogP contribution in [0.1, 0.15) is 13.0 Å². The standard InChI is InChI=1S/C20H22N6O3/c1-15(26-19(28)8-7-18(22-26)25-10-2-9-21-25)20(29)24-13-11-23(12-14-24)16-3-5-17(27)6-4-16/h2-10,15,27H,11-14H2,1H3. The molecule has 1 saturated heterocycles. The van der Waals surface area contributed by atoms with Crippen LogP contribution in [0.25, 0.3) is 5.82 Å². The van der Waals surface area contributed by atoms with Gasteiger partial charge in [-0.1, -0.05) is 0 Å². The largest absolute Gasteiger partial charge is 0.508 e. The summed E-state index contributed by atoms with van der Waals surface area (Å²) in [6, 6.07) is 11.1. The summed E-state index contributed by atoms with van der Waals surface area (Å²) in [5, 5.41) is 17.9. The number of hydrogen-bond donors (Lipinski definition) is 1. The van der Waals surface area contributed by atoms with Crippen molar-refractivity contribution >= 4 is 11.6 Å². The molecule has 1 aliphatic heterocycles. The van der Waals surface area contributed by atoms with Crippen LogP contribution in [0.15, 0.2) is 59.7 Å². The molecule has 3 aromatic rings. The number of anilines is 1. The van der Waals surface area contributed by atoms with Gasteiger partial charge in [-0.2, -0.15) is 5.10 Å². The number of hydrogen-bond acceptors (Lipinski definition) is 6. The third kappa shape index (κ3) is 3.84. The van der Waals surface area contributed by atoms with E-state index in [-0.39, 0.29) is 17.2 Å². The Balaban J connectivity index is 1.46. The van der Waals surface area contributed by atoms with Crippen LogP contribution in [0.4, 0.5) is 5.69 Å². The molecule has 0 radical (unpaired) electrons. The highest BCUT2D eigenvalue weighted by atomic mass is 16.3. The van der Waals surface area contributed by atoms with Crippen LogP contribution in [-0.2, 0) is 4.79 Å². The minimum atomic E-state index is -0.710. The van der Waals surface area contributed by atoms with Gasteiger partial charge in [0.1, 0.15) is 11.8 Å². The van der Waals surface area contributed by atoms with Gasteiger partial charge in [0, 0.05) is 50.3 Å². The van der Waals surface area contributed by atoms with E-state index in [1.807, 2.05) is 12.1 Å². The van der Waals surface area contributed by atoms with Crippen molar-refractivity contribution in [1.29, 1.82) is 0 Å². The van der Waals surface area contributed by atoms with Gasteiger partial charge in [0.15, 0.2) is 5.82 Å². The average molecular weight is 394 g/mol. The molecule has 29 heavy (non-hydrogen) atoms. The van der Waals surface area contributed by atoms with E-state index in [2.05, 4.69) is 15.1 Å². The van der Waals surface area contributed by atoms with E-state index < -0.39 is 6.04 Å². The molecule has 0 bridgehead atoms. The van der Waals surface area contributed by atoms with E-state index in [0.29, 0.717) is 32.0 Å². The second-order valence-electron chi connectivity index (χ2n) is 6.93. The number of benzene rings is 1. The van der Waals surface area contributed by atoms with E-state index >= 15 is 0 Å². The number of carbonyl (C=O) groups excluding carboxylic acids is 1. The summed E-state index contributed by atoms with van der Waals surface area (Å²) < 4.78 is 2.76. The number of rotatable bonds is 4. The summed E-state index contributed by atoms with van der Waals surface area (Å²) in [4.78, 5) is 29.2. The number of piperazine rings is 1. The Labute approximate surface area is 167 Å². The lowest BCUT2D eigenvalue weighted by Crippen LogP contribution is -2.51. The molecule has 1 fully saturated rings. The molecule has 4 rings (SSSR count). The fraction of sp³-hybridized carbons (Fsp3) is 0.300. The number of amides is 1. The van der Waals surface area contributed by atoms with Gasteiger partial charge in [-0.25, -0.2) is 9.36 Å². The van der Waals surface area contributed by atoms with E-state index in [1.165, 1.54) is 10.7 Å². The van der Waals surface area contributed by atoms with Gasteiger partial charge >= 0.3 is 0 Å². The second-order valence-corrected chi connectivity index (χ2v) is 6.93. The quantitative estimate of drug-likeness (QED) is 0.710. The van der Waals surface area contributed by atoms with Gasteiger partial charge in [-0.3, -0.25) is 9.59 Å². The van der Waals surface area contributed by atoms with E-state index in [1.54, 1.807) is 53.2 Å². The molecule has 0 spiro atoms. The van der Waals surface area contributed by atoms with Crippen molar-refractivity contribution in [2.24, 2.45) is 0 Å². The fourth-order valence-corrected chi connectivity index (χ4v) is 3.44. The summed E-state index contributed by atoms with van der Waals surface area (Å²) in [6.07, 6.45) is 3.35. The zero-order chi connectivity index (χ0) is 20.4. The monoisotopic (exact) mass is 394 g/mol. The first-order valence-electron chi connectivity index (χ1n) is 9.45. The second kappa shape index (κ2) is 7.78. The molecule has 1 aliphatic rings. The van der Waals surface area contributed by atoms with Gasteiger partial charge < -0.3 is 14.9 Å². The summed E-state index contributed by atoms with van der Waals surface area (Å²) in [5.41, 5.74) is 0.678. The Morgan fingerprint density at radius 1 is 1.07 bits per heavy atom. The summed E-state index contributed by atoms with van der Waals surface area (Å²) >= 11 is 0. The highest BCUT2D eigenvalue weighted by Crippen LogP contribution is 2.20. The summed E-state index contributed by atoms with van der Waals surface area (Å²) in [5.74, 6) is 0.570. The Morgan fingerprint density at radius 2 is 1.79 bits per heavy atom. The van der Waals surface area contributed by atoms with Crippen LogP contribution in [0.5, 0.6) is 5.75 Å². The van der Waals surface area contributed by atoms with Crippen LogP contribution in [-0.4, -0.2) is 61.7 Å². The smallest absolute Gasteiger partial charge is 0.267 e. The topological polar surface area (TPSA) is 96.5 Å². The van der Waals surface area contributed by atoms with Crippen molar-refractivity contribution < 1.29 is 9.90 Å². The van der Waals surface area contributed by atoms with Crippen molar-refractivity contribution in [1.82, 2.24) is 24.5 Å². The van der Waals surface area contributed by atoms with Crippen molar-refractivity contribution in [3.63, 3.8) is 0 Å². The predicted molar refractivity (Wildman–Crippen MR) is 107 cm³/mol. The van der Waals surface area contributed by atoms with E-state index in [4.69, 9.17) is 0 Å². The average Bonchev–Trinajstić information content (AvgIpc) is 3.29. The third-order valence-corrected chi connectivity index (χ3v) is 5.08. The highest BCUT2D eigenvalue weighted by molar-refractivity contribution is 5.80. The zero-order valence-corrected chi connectivity index (χ0v) is 16.0. The van der Waals surface area contributed by atoms with Crippen molar-refractivity contribution in [2.75, 3.05) is 31.1 Å². The Bertz CT molecular complexity index is 1040. The SMILES string of the molecule is CC(C(=O)N1CCN(c2ccc(O)cc2)CC1)n1nc(-n2cccn2)ccc1=O. The number of nitrogens with zero attached hydrogens (tertiary/aromatic N) is 6. The minimum absolute atomic E-state index is 0.137. The molecule has 1 atom stereocenters. The maximum atomic E-state index is 13.0. The van der Waals surface area contributed by atoms with Crippen molar-refractivity contribution in [2.45, 2.75) is 13.0 Å². The first-order valence-corrected chi connectivity index (χ1v) is 9.45. The number of aromatic hydroxyl groups is 1. The molecule has 9 heteroatoms. The number of phenolic OH excluding ortho intramolecular Hbond substituents is 1. The van der Waals surface area contributed by atoms with Crippen LogP contribution in [0.3, 0.4) is 0 Å². The Kier molecular flexibility index (Phi) is 5.03. The molecule has 3 heterocycles. The molecule has 9 nitrogen and oxygen atoms in total. The van der Waals surface area contributed by atoms with Gasteiger partial charge in [0.05, 0.1) is 0 Å². The lowest BCUT2D eigenvalue weighted by molar-refractivity contribution is -0.135. The zero-order valence-electron chi connectivity index (χ0n) is 16.0. The molecule has 0 aliphatic carbocycles. The predicted octanol–water partition coefficient (Wildman–Crippen LogP) is 1.04. The summed E-state index contributed by atoms with van der Waals surface area (Å²) in [6.45, 7) is 4.16. The molecule has 1 N–H and O–H groups in total.